The van der Waals surface area contributed by atoms with Gasteiger partial charge in [0.05, 0.1) is 16.1 Å². The van der Waals surface area contributed by atoms with Crippen LogP contribution in [0.25, 0.3) is 0 Å². The summed E-state index contributed by atoms with van der Waals surface area (Å²) in [6.07, 6.45) is 0. The molecule has 0 aliphatic rings. The molecule has 6 heteroatoms. The maximum Gasteiger partial charge on any atom is 0.316 e. The lowest BCUT2D eigenvalue weighted by Crippen LogP contribution is -2.33. The van der Waals surface area contributed by atoms with Crippen molar-refractivity contribution in [2.24, 2.45) is 0 Å². The molecule has 0 spiro atoms. The molecule has 0 aliphatic heterocycles. The van der Waals surface area contributed by atoms with Crippen molar-refractivity contribution in [1.82, 2.24) is 0 Å². The summed E-state index contributed by atoms with van der Waals surface area (Å²) in [6, 6.07) is 14.0. The zero-order valence-corrected chi connectivity index (χ0v) is 14.8. The van der Waals surface area contributed by atoms with Crippen molar-refractivity contribution < 1.29 is 14.3 Å². The molecule has 2 rings (SSSR count). The van der Waals surface area contributed by atoms with E-state index in [1.807, 2.05) is 30.3 Å². The van der Waals surface area contributed by atoms with Crippen LogP contribution in [0.3, 0.4) is 0 Å². The molecule has 0 unspecified atom stereocenters. The second-order valence-corrected chi connectivity index (χ2v) is 6.58. The Hall–Kier alpha value is -2.04. The van der Waals surface area contributed by atoms with E-state index in [0.717, 1.165) is 5.56 Å². The van der Waals surface area contributed by atoms with E-state index in [2.05, 4.69) is 5.32 Å². The van der Waals surface area contributed by atoms with Crippen LogP contribution >= 0.6 is 23.2 Å². The zero-order chi connectivity index (χ0) is 17.7. The van der Waals surface area contributed by atoms with E-state index in [1.54, 1.807) is 26.0 Å². The molecule has 1 amide bonds. The lowest BCUT2D eigenvalue weighted by atomic mass is 9.85. The number of amides is 1. The first-order valence-corrected chi connectivity index (χ1v) is 8.04. The van der Waals surface area contributed by atoms with Gasteiger partial charge >= 0.3 is 5.97 Å². The summed E-state index contributed by atoms with van der Waals surface area (Å²) in [4.78, 5) is 24.2. The number of esters is 1. The largest absolute Gasteiger partial charge is 0.455 e. The quantitative estimate of drug-likeness (QED) is 0.796. The molecule has 0 saturated carbocycles. The van der Waals surface area contributed by atoms with Crippen LogP contribution in [-0.2, 0) is 19.7 Å². The van der Waals surface area contributed by atoms with Crippen LogP contribution in [0.5, 0.6) is 0 Å². The second kappa shape index (κ2) is 7.69. The Bertz CT molecular complexity index is 745. The van der Waals surface area contributed by atoms with Crippen LogP contribution in [-0.4, -0.2) is 18.5 Å². The van der Waals surface area contributed by atoms with Gasteiger partial charge in [-0.25, -0.2) is 0 Å². The molecule has 1 N–H and O–H groups in total. The maximum atomic E-state index is 12.3. The molecule has 0 bridgehead atoms. The third kappa shape index (κ3) is 4.49. The minimum atomic E-state index is -0.852. The van der Waals surface area contributed by atoms with Gasteiger partial charge in [0.1, 0.15) is 0 Å². The fraction of sp³-hybridized carbons (Fsp3) is 0.222. The van der Waals surface area contributed by atoms with Crippen molar-refractivity contribution in [2.45, 2.75) is 19.3 Å². The molecule has 2 aromatic carbocycles. The van der Waals surface area contributed by atoms with Crippen molar-refractivity contribution in [3.63, 3.8) is 0 Å². The maximum absolute atomic E-state index is 12.3. The van der Waals surface area contributed by atoms with E-state index in [9.17, 15) is 9.59 Å². The van der Waals surface area contributed by atoms with E-state index in [0.29, 0.717) is 15.7 Å². The molecule has 0 saturated heterocycles. The molecule has 0 heterocycles. The third-order valence-electron chi connectivity index (χ3n) is 3.54. The third-order valence-corrected chi connectivity index (χ3v) is 4.11. The minimum absolute atomic E-state index is 0.351. The predicted octanol–water partition coefficient (Wildman–Crippen LogP) is 4.45. The summed E-state index contributed by atoms with van der Waals surface area (Å²) in [5.74, 6) is -0.975. The normalized spacial score (nSPS) is 11.0. The van der Waals surface area contributed by atoms with E-state index in [1.165, 1.54) is 6.07 Å². The monoisotopic (exact) mass is 365 g/mol. The van der Waals surface area contributed by atoms with Gasteiger partial charge in [0.15, 0.2) is 6.61 Å². The summed E-state index contributed by atoms with van der Waals surface area (Å²) in [6.45, 7) is 3.09. The highest BCUT2D eigenvalue weighted by Crippen LogP contribution is 2.26. The van der Waals surface area contributed by atoms with E-state index in [4.69, 9.17) is 27.9 Å². The highest BCUT2D eigenvalue weighted by molar-refractivity contribution is 6.35. The van der Waals surface area contributed by atoms with Gasteiger partial charge in [-0.15, -0.1) is 0 Å². The predicted molar refractivity (Wildman–Crippen MR) is 95.5 cm³/mol. The van der Waals surface area contributed by atoms with Crippen LogP contribution in [0.2, 0.25) is 10.0 Å². The smallest absolute Gasteiger partial charge is 0.316 e. The molecule has 126 valence electrons. The van der Waals surface area contributed by atoms with Crippen LogP contribution in [0.15, 0.2) is 48.5 Å². The summed E-state index contributed by atoms with van der Waals surface area (Å²) in [7, 11) is 0. The molecule has 2 aromatic rings. The van der Waals surface area contributed by atoms with Crippen LogP contribution in [0, 0.1) is 0 Å². The Morgan fingerprint density at radius 2 is 1.75 bits per heavy atom. The van der Waals surface area contributed by atoms with Crippen molar-refractivity contribution >= 4 is 40.8 Å². The zero-order valence-electron chi connectivity index (χ0n) is 13.3. The molecule has 4 nitrogen and oxygen atoms in total. The first kappa shape index (κ1) is 18.3. The number of carbonyl (C=O) groups is 2. The van der Waals surface area contributed by atoms with Crippen molar-refractivity contribution in [2.75, 3.05) is 11.9 Å². The molecule has 0 atom stereocenters. The van der Waals surface area contributed by atoms with Crippen molar-refractivity contribution in [1.29, 1.82) is 0 Å². The number of rotatable bonds is 5. The molecule has 0 aliphatic carbocycles. The van der Waals surface area contributed by atoms with Crippen molar-refractivity contribution in [3.8, 4) is 0 Å². The number of ether oxygens (including phenoxy) is 1. The lowest BCUT2D eigenvalue weighted by Gasteiger charge is -2.22. The molecule has 24 heavy (non-hydrogen) atoms. The molecule has 0 radical (unpaired) electrons. The minimum Gasteiger partial charge on any atom is -0.455 e. The Morgan fingerprint density at radius 1 is 1.08 bits per heavy atom. The van der Waals surface area contributed by atoms with Crippen LogP contribution < -0.4 is 5.32 Å². The summed E-state index contributed by atoms with van der Waals surface area (Å²) in [5, 5.41) is 3.36. The van der Waals surface area contributed by atoms with Gasteiger partial charge in [-0.3, -0.25) is 9.59 Å². The number of anilines is 1. The van der Waals surface area contributed by atoms with Crippen molar-refractivity contribution in [3.05, 3.63) is 64.1 Å². The van der Waals surface area contributed by atoms with Crippen LogP contribution in [0.1, 0.15) is 19.4 Å². The van der Waals surface area contributed by atoms with Gasteiger partial charge < -0.3 is 10.1 Å². The van der Waals surface area contributed by atoms with E-state index in [-0.39, 0.29) is 0 Å². The van der Waals surface area contributed by atoms with E-state index < -0.39 is 23.9 Å². The van der Waals surface area contributed by atoms with Gasteiger partial charge in [0, 0.05) is 5.02 Å². The highest BCUT2D eigenvalue weighted by atomic mass is 35.5. The van der Waals surface area contributed by atoms with Gasteiger partial charge in [0.25, 0.3) is 5.91 Å². The average Bonchev–Trinajstić information content (AvgIpc) is 2.56. The SMILES string of the molecule is CC(C)(C(=O)OCC(=O)Nc1cc(Cl)ccc1Cl)c1ccccc1. The Kier molecular flexibility index (Phi) is 5.86. The molecule has 0 aromatic heterocycles. The number of benzene rings is 2. The van der Waals surface area contributed by atoms with Crippen LogP contribution in [0.4, 0.5) is 5.69 Å². The van der Waals surface area contributed by atoms with E-state index >= 15 is 0 Å². The summed E-state index contributed by atoms with van der Waals surface area (Å²) >= 11 is 11.8. The average molecular weight is 366 g/mol. The standard InChI is InChI=1S/C18H17Cl2NO3/c1-18(2,12-6-4-3-5-7-12)17(23)24-11-16(22)21-15-10-13(19)8-9-14(15)20/h3-10H,11H2,1-2H3,(H,21,22). The molecular formula is C18H17Cl2NO3. The number of nitrogens with one attached hydrogen (secondary N) is 1. The molecule has 0 fully saturated rings. The van der Waals surface area contributed by atoms with Gasteiger partial charge in [-0.05, 0) is 37.6 Å². The Balaban J connectivity index is 1.96. The Labute approximate surface area is 150 Å². The molecular weight excluding hydrogens is 349 g/mol. The topological polar surface area (TPSA) is 55.4 Å². The second-order valence-electron chi connectivity index (χ2n) is 5.74. The summed E-state index contributed by atoms with van der Waals surface area (Å²) in [5.41, 5.74) is 0.329. The van der Waals surface area contributed by atoms with Gasteiger partial charge in [-0.1, -0.05) is 53.5 Å². The summed E-state index contributed by atoms with van der Waals surface area (Å²) < 4.78 is 5.14. The number of hydrogen-bond donors (Lipinski definition) is 1. The number of halogens is 2. The first-order chi connectivity index (χ1) is 11.3. The number of carbonyl (C=O) groups excluding carboxylic acids is 2. The Morgan fingerprint density at radius 3 is 2.42 bits per heavy atom. The van der Waals surface area contributed by atoms with Gasteiger partial charge in [0.2, 0.25) is 0 Å². The fourth-order valence-corrected chi connectivity index (χ4v) is 2.40. The first-order valence-electron chi connectivity index (χ1n) is 7.28. The number of hydrogen-bond acceptors (Lipinski definition) is 3. The highest BCUT2D eigenvalue weighted by Gasteiger charge is 2.31. The fourth-order valence-electron chi connectivity index (χ4n) is 2.06. The van der Waals surface area contributed by atoms with Gasteiger partial charge in [-0.2, -0.15) is 0 Å². The lowest BCUT2D eigenvalue weighted by molar-refractivity contribution is -0.152.